The average molecular weight is 408 g/mol. The molecule has 0 radical (unpaired) electrons. The van der Waals surface area contributed by atoms with Crippen molar-refractivity contribution in [2.45, 2.75) is 6.42 Å². The van der Waals surface area contributed by atoms with Crippen molar-refractivity contribution in [2.24, 2.45) is 0 Å². The van der Waals surface area contributed by atoms with Crippen LogP contribution < -0.4 is 4.90 Å². The Labute approximate surface area is 167 Å². The normalized spacial score (nSPS) is 11.3. The second-order valence-corrected chi connectivity index (χ2v) is 8.11. The Hall–Kier alpha value is -1.66. The van der Waals surface area contributed by atoms with Crippen LogP contribution in [0.15, 0.2) is 42.5 Å². The third kappa shape index (κ3) is 4.54. The Balaban J connectivity index is 1.94. The Bertz CT molecular complexity index is 926. The number of fused-ring (bicyclic) bond motifs is 1. The molecule has 0 aliphatic heterocycles. The van der Waals surface area contributed by atoms with E-state index in [1.54, 1.807) is 29.2 Å². The molecule has 0 atom stereocenters. The van der Waals surface area contributed by atoms with Crippen molar-refractivity contribution >= 4 is 55.8 Å². The molecule has 0 unspecified atom stereocenters. The number of carbonyl (C=O) groups excluding carboxylic acids is 1. The Morgan fingerprint density at radius 2 is 1.85 bits per heavy atom. The molecule has 4 nitrogen and oxygen atoms in total. The first-order chi connectivity index (χ1) is 12.4. The van der Waals surface area contributed by atoms with Gasteiger partial charge in [-0.3, -0.25) is 9.69 Å². The van der Waals surface area contributed by atoms with Gasteiger partial charge >= 0.3 is 0 Å². The molecule has 0 saturated heterocycles. The van der Waals surface area contributed by atoms with Gasteiger partial charge in [0.25, 0.3) is 5.91 Å². The smallest absolute Gasteiger partial charge is 0.260 e. The summed E-state index contributed by atoms with van der Waals surface area (Å²) < 4.78 is 0.962. The maximum Gasteiger partial charge on any atom is 0.260 e. The first-order valence-corrected chi connectivity index (χ1v) is 9.79. The van der Waals surface area contributed by atoms with E-state index in [4.69, 9.17) is 23.2 Å². The first kappa shape index (κ1) is 19.1. The fourth-order valence-electron chi connectivity index (χ4n) is 2.61. The fourth-order valence-corrected chi connectivity index (χ4v) is 4.06. The largest absolute Gasteiger partial charge is 0.309 e. The van der Waals surface area contributed by atoms with Crippen LogP contribution in [0.4, 0.5) is 5.13 Å². The predicted octanol–water partition coefficient (Wildman–Crippen LogP) is 5.20. The van der Waals surface area contributed by atoms with Gasteiger partial charge in [-0.2, -0.15) is 0 Å². The van der Waals surface area contributed by atoms with E-state index in [0.717, 1.165) is 23.2 Å². The van der Waals surface area contributed by atoms with Gasteiger partial charge in [-0.25, -0.2) is 4.98 Å². The van der Waals surface area contributed by atoms with Crippen LogP contribution in [0.2, 0.25) is 10.0 Å². The molecule has 0 aliphatic carbocycles. The van der Waals surface area contributed by atoms with Gasteiger partial charge in [-0.05, 0) is 63.5 Å². The minimum absolute atomic E-state index is 0.101. The quantitative estimate of drug-likeness (QED) is 0.563. The maximum atomic E-state index is 13.1. The van der Waals surface area contributed by atoms with E-state index in [-0.39, 0.29) is 5.91 Å². The molecule has 0 fully saturated rings. The van der Waals surface area contributed by atoms with Gasteiger partial charge < -0.3 is 4.90 Å². The molecule has 0 aliphatic rings. The molecular formula is C19H19Cl2N3OS. The summed E-state index contributed by atoms with van der Waals surface area (Å²) in [4.78, 5) is 21.6. The monoisotopic (exact) mass is 407 g/mol. The van der Waals surface area contributed by atoms with E-state index >= 15 is 0 Å². The zero-order valence-electron chi connectivity index (χ0n) is 14.6. The molecule has 3 aromatic rings. The standard InChI is InChI=1S/C19H19Cl2N3OS/c1-23(2)9-4-10-24(18(25)13-5-3-6-14(20)11-13)19-22-16-8-7-15(21)12-17(16)26-19/h3,5-8,11-12H,4,9-10H2,1-2H3. The molecule has 1 heterocycles. The van der Waals surface area contributed by atoms with Gasteiger partial charge in [0, 0.05) is 22.2 Å². The van der Waals surface area contributed by atoms with Crippen LogP contribution in [0.5, 0.6) is 0 Å². The van der Waals surface area contributed by atoms with E-state index in [0.29, 0.717) is 27.3 Å². The SMILES string of the molecule is CN(C)CCCN(C(=O)c1cccc(Cl)c1)c1nc2ccc(Cl)cc2s1. The molecule has 1 aromatic heterocycles. The molecule has 1 amide bonds. The minimum Gasteiger partial charge on any atom is -0.309 e. The summed E-state index contributed by atoms with van der Waals surface area (Å²) in [5.74, 6) is -0.101. The average Bonchev–Trinajstić information content (AvgIpc) is 3.00. The van der Waals surface area contributed by atoms with Crippen molar-refractivity contribution < 1.29 is 4.79 Å². The van der Waals surface area contributed by atoms with Crippen molar-refractivity contribution in [2.75, 3.05) is 32.1 Å². The molecule has 0 spiro atoms. The number of aromatic nitrogens is 1. The number of nitrogens with zero attached hydrogens (tertiary/aromatic N) is 3. The lowest BCUT2D eigenvalue weighted by Gasteiger charge is -2.21. The Morgan fingerprint density at radius 3 is 2.58 bits per heavy atom. The summed E-state index contributed by atoms with van der Waals surface area (Å²) >= 11 is 13.6. The maximum absolute atomic E-state index is 13.1. The zero-order valence-corrected chi connectivity index (χ0v) is 16.9. The van der Waals surface area contributed by atoms with Crippen molar-refractivity contribution in [1.29, 1.82) is 0 Å². The van der Waals surface area contributed by atoms with Gasteiger partial charge in [0.1, 0.15) is 0 Å². The molecule has 136 valence electrons. The number of thiazole rings is 1. The lowest BCUT2D eigenvalue weighted by molar-refractivity contribution is 0.0986. The van der Waals surface area contributed by atoms with E-state index in [1.807, 2.05) is 32.3 Å². The number of benzene rings is 2. The fraction of sp³-hybridized carbons (Fsp3) is 0.263. The summed E-state index contributed by atoms with van der Waals surface area (Å²) in [6.45, 7) is 1.47. The highest BCUT2D eigenvalue weighted by atomic mass is 35.5. The van der Waals surface area contributed by atoms with E-state index in [1.165, 1.54) is 11.3 Å². The number of amides is 1. The van der Waals surface area contributed by atoms with Crippen molar-refractivity contribution in [3.8, 4) is 0 Å². The third-order valence-corrected chi connectivity index (χ3v) is 5.39. The summed E-state index contributed by atoms with van der Waals surface area (Å²) in [5.41, 5.74) is 1.39. The molecule has 3 rings (SSSR count). The predicted molar refractivity (Wildman–Crippen MR) is 111 cm³/mol. The van der Waals surface area contributed by atoms with Gasteiger partial charge in [-0.1, -0.05) is 40.6 Å². The molecular weight excluding hydrogens is 389 g/mol. The van der Waals surface area contributed by atoms with Crippen molar-refractivity contribution in [3.05, 3.63) is 58.1 Å². The third-order valence-electron chi connectivity index (χ3n) is 3.87. The van der Waals surface area contributed by atoms with Crippen LogP contribution in [0, 0.1) is 0 Å². The molecule has 0 N–H and O–H groups in total. The van der Waals surface area contributed by atoms with Gasteiger partial charge in [0.2, 0.25) is 0 Å². The summed E-state index contributed by atoms with van der Waals surface area (Å²) in [5, 5.41) is 1.87. The van der Waals surface area contributed by atoms with Crippen LogP contribution >= 0.6 is 34.5 Å². The first-order valence-electron chi connectivity index (χ1n) is 8.22. The summed E-state index contributed by atoms with van der Waals surface area (Å²) in [7, 11) is 4.03. The highest BCUT2D eigenvalue weighted by Gasteiger charge is 2.21. The van der Waals surface area contributed by atoms with Gasteiger partial charge in [0.05, 0.1) is 10.2 Å². The zero-order chi connectivity index (χ0) is 18.7. The molecule has 0 saturated carbocycles. The van der Waals surface area contributed by atoms with Crippen molar-refractivity contribution in [3.63, 3.8) is 0 Å². The Morgan fingerprint density at radius 1 is 1.08 bits per heavy atom. The number of carbonyl (C=O) groups is 1. The van der Waals surface area contributed by atoms with Crippen molar-refractivity contribution in [1.82, 2.24) is 9.88 Å². The highest BCUT2D eigenvalue weighted by Crippen LogP contribution is 2.31. The van der Waals surface area contributed by atoms with Crippen LogP contribution in [0.3, 0.4) is 0 Å². The van der Waals surface area contributed by atoms with Crippen LogP contribution in [0.1, 0.15) is 16.8 Å². The Kier molecular flexibility index (Phi) is 6.14. The number of halogens is 2. The summed E-state index contributed by atoms with van der Waals surface area (Å²) in [6, 6.07) is 12.6. The lowest BCUT2D eigenvalue weighted by atomic mass is 10.2. The van der Waals surface area contributed by atoms with Gasteiger partial charge in [0.15, 0.2) is 5.13 Å². The number of hydrogen-bond donors (Lipinski definition) is 0. The molecule has 7 heteroatoms. The minimum atomic E-state index is -0.101. The number of anilines is 1. The number of rotatable bonds is 6. The molecule has 2 aromatic carbocycles. The summed E-state index contributed by atoms with van der Waals surface area (Å²) in [6.07, 6.45) is 0.843. The number of hydrogen-bond acceptors (Lipinski definition) is 4. The van der Waals surface area contributed by atoms with Crippen LogP contribution in [-0.4, -0.2) is 43.0 Å². The van der Waals surface area contributed by atoms with E-state index in [2.05, 4.69) is 9.88 Å². The van der Waals surface area contributed by atoms with Gasteiger partial charge in [-0.15, -0.1) is 0 Å². The molecule has 0 bridgehead atoms. The van der Waals surface area contributed by atoms with E-state index in [9.17, 15) is 4.79 Å². The lowest BCUT2D eigenvalue weighted by Crippen LogP contribution is -2.33. The second-order valence-electron chi connectivity index (χ2n) is 6.23. The topological polar surface area (TPSA) is 36.4 Å². The highest BCUT2D eigenvalue weighted by molar-refractivity contribution is 7.22. The van der Waals surface area contributed by atoms with Crippen LogP contribution in [0.25, 0.3) is 10.2 Å². The van der Waals surface area contributed by atoms with E-state index < -0.39 is 0 Å². The van der Waals surface area contributed by atoms with Crippen LogP contribution in [-0.2, 0) is 0 Å². The second kappa shape index (κ2) is 8.35. The molecule has 26 heavy (non-hydrogen) atoms.